The molecule has 0 saturated heterocycles. The summed E-state index contributed by atoms with van der Waals surface area (Å²) in [6.07, 6.45) is 6.43. The van der Waals surface area contributed by atoms with Crippen LogP contribution in [0.3, 0.4) is 0 Å². The lowest BCUT2D eigenvalue weighted by Gasteiger charge is -2.32. The second kappa shape index (κ2) is 7.18. The fraction of sp³-hybridized carbons (Fsp3) is 0.588. The van der Waals surface area contributed by atoms with Crippen LogP contribution in [0.5, 0.6) is 11.5 Å². The summed E-state index contributed by atoms with van der Waals surface area (Å²) in [5.41, 5.74) is 0. The van der Waals surface area contributed by atoms with Crippen LogP contribution in [0.15, 0.2) is 24.3 Å². The van der Waals surface area contributed by atoms with Gasteiger partial charge in [0.2, 0.25) is 0 Å². The van der Waals surface area contributed by atoms with E-state index in [1.165, 1.54) is 32.1 Å². The minimum absolute atomic E-state index is 0.00556. The molecule has 0 radical (unpaired) electrons. The van der Waals surface area contributed by atoms with Crippen molar-refractivity contribution in [2.24, 2.45) is 0 Å². The largest absolute Gasteiger partial charge is 0.486 e. The Kier molecular flexibility index (Phi) is 5.03. The molecule has 0 amide bonds. The smallest absolute Gasteiger partial charge is 0.169 e. The standard InChI is InChI=1S/C17H24N2O2S/c1-19(17(22)18-13-7-3-2-4-8-13)11-14-12-20-15-9-5-6-10-16(15)21-14/h5-6,9-10,13-14H,2-4,7-8,11-12H2,1H3,(H,18,22)/t14-/m0/s1. The molecule has 120 valence electrons. The molecule has 22 heavy (non-hydrogen) atoms. The van der Waals surface area contributed by atoms with Gasteiger partial charge in [-0.15, -0.1) is 0 Å². The van der Waals surface area contributed by atoms with Gasteiger partial charge in [0.1, 0.15) is 6.61 Å². The summed E-state index contributed by atoms with van der Waals surface area (Å²) in [5.74, 6) is 1.64. The van der Waals surface area contributed by atoms with E-state index in [2.05, 4.69) is 10.2 Å². The first-order valence-corrected chi connectivity index (χ1v) is 8.53. The van der Waals surface area contributed by atoms with Crippen molar-refractivity contribution >= 4 is 17.3 Å². The molecule has 1 aliphatic heterocycles. The Hall–Kier alpha value is -1.49. The first-order valence-electron chi connectivity index (χ1n) is 8.12. The number of likely N-dealkylation sites (N-methyl/N-ethyl adjacent to an activating group) is 1. The Morgan fingerprint density at radius 1 is 1.23 bits per heavy atom. The van der Waals surface area contributed by atoms with Crippen LogP contribution in [0.4, 0.5) is 0 Å². The molecule has 0 aromatic heterocycles. The van der Waals surface area contributed by atoms with Crippen LogP contribution in [-0.4, -0.2) is 42.4 Å². The molecular formula is C17H24N2O2S. The van der Waals surface area contributed by atoms with Crippen LogP contribution in [0, 0.1) is 0 Å². The van der Waals surface area contributed by atoms with Crippen molar-refractivity contribution in [2.45, 2.75) is 44.2 Å². The second-order valence-electron chi connectivity index (χ2n) is 6.16. The summed E-state index contributed by atoms with van der Waals surface area (Å²) in [5, 5.41) is 4.30. The number of hydrogen-bond acceptors (Lipinski definition) is 3. The predicted octanol–water partition coefficient (Wildman–Crippen LogP) is 2.97. The third-order valence-electron chi connectivity index (χ3n) is 4.32. The number of ether oxygens (including phenoxy) is 2. The summed E-state index contributed by atoms with van der Waals surface area (Å²) in [6, 6.07) is 8.33. The Bertz CT molecular complexity index is 517. The topological polar surface area (TPSA) is 33.7 Å². The maximum absolute atomic E-state index is 5.99. The molecule has 5 heteroatoms. The lowest BCUT2D eigenvalue weighted by molar-refractivity contribution is 0.0777. The van der Waals surface area contributed by atoms with Crippen molar-refractivity contribution in [3.63, 3.8) is 0 Å². The van der Waals surface area contributed by atoms with Gasteiger partial charge in [-0.1, -0.05) is 31.4 Å². The highest BCUT2D eigenvalue weighted by Crippen LogP contribution is 2.30. The Balaban J connectivity index is 1.49. The molecule has 1 aromatic rings. The minimum atomic E-state index is 0.00556. The highest BCUT2D eigenvalue weighted by Gasteiger charge is 2.23. The molecular weight excluding hydrogens is 296 g/mol. The van der Waals surface area contributed by atoms with E-state index in [1.807, 2.05) is 31.3 Å². The van der Waals surface area contributed by atoms with Crippen LogP contribution in [0.2, 0.25) is 0 Å². The van der Waals surface area contributed by atoms with E-state index < -0.39 is 0 Å². The Morgan fingerprint density at radius 2 is 1.95 bits per heavy atom. The molecule has 0 unspecified atom stereocenters. The van der Waals surface area contributed by atoms with Crippen LogP contribution in [-0.2, 0) is 0 Å². The average molecular weight is 320 g/mol. The second-order valence-corrected chi connectivity index (χ2v) is 6.55. The third-order valence-corrected chi connectivity index (χ3v) is 4.75. The van der Waals surface area contributed by atoms with E-state index in [4.69, 9.17) is 21.7 Å². The number of para-hydroxylation sites is 2. The van der Waals surface area contributed by atoms with E-state index >= 15 is 0 Å². The monoisotopic (exact) mass is 320 g/mol. The van der Waals surface area contributed by atoms with E-state index in [9.17, 15) is 0 Å². The van der Waals surface area contributed by atoms with Crippen LogP contribution in [0.1, 0.15) is 32.1 Å². The minimum Gasteiger partial charge on any atom is -0.486 e. The predicted molar refractivity (Wildman–Crippen MR) is 91.6 cm³/mol. The lowest BCUT2D eigenvalue weighted by Crippen LogP contribution is -2.48. The van der Waals surface area contributed by atoms with Gasteiger partial charge in [0.25, 0.3) is 0 Å². The lowest BCUT2D eigenvalue weighted by atomic mass is 9.96. The first kappa shape index (κ1) is 15.4. The van der Waals surface area contributed by atoms with Gasteiger partial charge in [0.05, 0.1) is 6.54 Å². The van der Waals surface area contributed by atoms with Crippen molar-refractivity contribution in [3.8, 4) is 11.5 Å². The molecule has 1 fully saturated rings. The summed E-state index contributed by atoms with van der Waals surface area (Å²) in [4.78, 5) is 2.06. The van der Waals surface area contributed by atoms with Crippen LogP contribution in [0.25, 0.3) is 0 Å². The van der Waals surface area contributed by atoms with E-state index in [0.717, 1.165) is 23.2 Å². The van der Waals surface area contributed by atoms with Crippen molar-refractivity contribution < 1.29 is 9.47 Å². The third kappa shape index (κ3) is 3.83. The molecule has 1 atom stereocenters. The van der Waals surface area contributed by atoms with E-state index in [0.29, 0.717) is 12.6 Å². The Labute approximate surface area is 137 Å². The quantitative estimate of drug-likeness (QED) is 0.866. The summed E-state index contributed by atoms with van der Waals surface area (Å²) < 4.78 is 11.7. The molecule has 1 aliphatic carbocycles. The summed E-state index contributed by atoms with van der Waals surface area (Å²) in [7, 11) is 2.02. The van der Waals surface area contributed by atoms with Gasteiger partial charge in [-0.25, -0.2) is 0 Å². The zero-order chi connectivity index (χ0) is 15.4. The molecule has 0 spiro atoms. The molecule has 3 rings (SSSR count). The number of nitrogens with zero attached hydrogens (tertiary/aromatic N) is 1. The zero-order valence-corrected chi connectivity index (χ0v) is 13.9. The zero-order valence-electron chi connectivity index (χ0n) is 13.1. The van der Waals surface area contributed by atoms with Crippen molar-refractivity contribution in [1.29, 1.82) is 0 Å². The van der Waals surface area contributed by atoms with Gasteiger partial charge in [-0.3, -0.25) is 0 Å². The summed E-state index contributed by atoms with van der Waals surface area (Å²) >= 11 is 5.52. The normalized spacial score (nSPS) is 21.2. The van der Waals surface area contributed by atoms with Gasteiger partial charge >= 0.3 is 0 Å². The van der Waals surface area contributed by atoms with E-state index in [-0.39, 0.29) is 6.10 Å². The van der Waals surface area contributed by atoms with Gasteiger partial charge in [-0.2, -0.15) is 0 Å². The van der Waals surface area contributed by atoms with Crippen LogP contribution >= 0.6 is 12.2 Å². The SMILES string of the molecule is CN(C[C@H]1COc2ccccc2O1)C(=S)NC1CCCCC1. The number of benzene rings is 1. The highest BCUT2D eigenvalue weighted by molar-refractivity contribution is 7.80. The van der Waals surface area contributed by atoms with Gasteiger partial charge < -0.3 is 19.7 Å². The van der Waals surface area contributed by atoms with Crippen molar-refractivity contribution in [1.82, 2.24) is 10.2 Å². The Morgan fingerprint density at radius 3 is 2.73 bits per heavy atom. The number of thiocarbonyl (C=S) groups is 1. The molecule has 1 heterocycles. The number of rotatable bonds is 3. The fourth-order valence-corrected chi connectivity index (χ4v) is 3.31. The maximum atomic E-state index is 5.99. The van der Waals surface area contributed by atoms with Crippen molar-refractivity contribution in [3.05, 3.63) is 24.3 Å². The molecule has 0 bridgehead atoms. The van der Waals surface area contributed by atoms with E-state index in [1.54, 1.807) is 0 Å². The van der Waals surface area contributed by atoms with Gasteiger partial charge in [0, 0.05) is 13.1 Å². The summed E-state index contributed by atoms with van der Waals surface area (Å²) in [6.45, 7) is 1.29. The van der Waals surface area contributed by atoms with Crippen molar-refractivity contribution in [2.75, 3.05) is 20.2 Å². The number of nitrogens with one attached hydrogen (secondary N) is 1. The highest BCUT2D eigenvalue weighted by atomic mass is 32.1. The van der Waals surface area contributed by atoms with Crippen LogP contribution < -0.4 is 14.8 Å². The molecule has 1 N–H and O–H groups in total. The number of fused-ring (bicyclic) bond motifs is 1. The van der Waals surface area contributed by atoms with Gasteiger partial charge in [0.15, 0.2) is 22.7 Å². The van der Waals surface area contributed by atoms with Gasteiger partial charge in [-0.05, 0) is 37.2 Å². The fourth-order valence-electron chi connectivity index (χ4n) is 3.07. The average Bonchev–Trinajstić information content (AvgIpc) is 2.55. The number of hydrogen-bond donors (Lipinski definition) is 1. The maximum Gasteiger partial charge on any atom is 0.169 e. The molecule has 2 aliphatic rings. The first-order chi connectivity index (χ1) is 10.7. The molecule has 1 saturated carbocycles. The molecule has 1 aromatic carbocycles. The molecule has 4 nitrogen and oxygen atoms in total.